The van der Waals surface area contributed by atoms with Gasteiger partial charge in [-0.25, -0.2) is 9.79 Å². The van der Waals surface area contributed by atoms with Gasteiger partial charge in [0.2, 0.25) is 0 Å². The normalized spacial score (nSPS) is 14.6. The summed E-state index contributed by atoms with van der Waals surface area (Å²) in [6, 6.07) is 28.3. The molecule has 0 saturated heterocycles. The maximum atomic E-state index is 14.2. The number of esters is 1. The molecule has 6 nitrogen and oxygen atoms in total. The Labute approximate surface area is 278 Å². The summed E-state index contributed by atoms with van der Waals surface area (Å²) in [6.07, 6.45) is 1.73. The lowest BCUT2D eigenvalue weighted by molar-refractivity contribution is -0.138. The number of carbonyl (C=O) groups is 1. The molecule has 5 aromatic rings. The molecule has 0 N–H and O–H groups in total. The van der Waals surface area contributed by atoms with Crippen LogP contribution >= 0.6 is 46.1 Å². The fourth-order valence-electron chi connectivity index (χ4n) is 5.08. The summed E-state index contributed by atoms with van der Waals surface area (Å²) in [5.74, 6) is -0.0315. The maximum Gasteiger partial charge on any atom is 0.338 e. The van der Waals surface area contributed by atoms with Crippen LogP contribution in [0.3, 0.4) is 0 Å². The molecule has 0 saturated carbocycles. The van der Waals surface area contributed by atoms with E-state index in [0.717, 1.165) is 11.1 Å². The van der Waals surface area contributed by atoms with Crippen molar-refractivity contribution in [1.29, 1.82) is 0 Å². The van der Waals surface area contributed by atoms with Gasteiger partial charge in [-0.05, 0) is 55.0 Å². The molecule has 0 radical (unpaired) electrons. The second-order valence-electron chi connectivity index (χ2n) is 10.0. The van der Waals surface area contributed by atoms with Gasteiger partial charge < -0.3 is 9.47 Å². The summed E-state index contributed by atoms with van der Waals surface area (Å²) in [6.45, 7) is 2.13. The molecule has 10 heteroatoms. The first-order valence-electron chi connectivity index (χ1n) is 14.0. The zero-order valence-electron chi connectivity index (χ0n) is 23.9. The molecule has 0 spiro atoms. The van der Waals surface area contributed by atoms with Gasteiger partial charge in [0.15, 0.2) is 4.80 Å². The minimum atomic E-state index is -0.815. The quantitative estimate of drug-likeness (QED) is 0.160. The molecular formula is C35H25Cl3N2O4S. The van der Waals surface area contributed by atoms with Gasteiger partial charge in [-0.2, -0.15) is 0 Å². The van der Waals surface area contributed by atoms with Gasteiger partial charge >= 0.3 is 5.97 Å². The first kappa shape index (κ1) is 30.9. The summed E-state index contributed by atoms with van der Waals surface area (Å²) in [7, 11) is 0. The van der Waals surface area contributed by atoms with Gasteiger partial charge in [-0.1, -0.05) is 107 Å². The van der Waals surface area contributed by atoms with Crippen molar-refractivity contribution in [3.8, 4) is 5.75 Å². The van der Waals surface area contributed by atoms with Crippen molar-refractivity contribution in [2.75, 3.05) is 6.61 Å². The molecule has 0 unspecified atom stereocenters. The number of ether oxygens (including phenoxy) is 2. The number of carbonyl (C=O) groups excluding carboxylic acids is 1. The summed E-state index contributed by atoms with van der Waals surface area (Å²) in [5, 5.41) is 1.60. The van der Waals surface area contributed by atoms with Gasteiger partial charge in [0.25, 0.3) is 5.56 Å². The molecular weight excluding hydrogens is 651 g/mol. The molecule has 0 bridgehead atoms. The molecule has 1 atom stereocenters. The van der Waals surface area contributed by atoms with Crippen LogP contribution in [0.5, 0.6) is 5.75 Å². The molecule has 1 aromatic heterocycles. The van der Waals surface area contributed by atoms with E-state index in [1.165, 1.54) is 15.9 Å². The smallest absolute Gasteiger partial charge is 0.338 e. The fourth-order valence-corrected chi connectivity index (χ4v) is 6.57. The molecule has 6 rings (SSSR count). The second kappa shape index (κ2) is 13.5. The minimum Gasteiger partial charge on any atom is -0.488 e. The average molecular weight is 676 g/mol. The zero-order valence-corrected chi connectivity index (χ0v) is 27.0. The lowest BCUT2D eigenvalue weighted by Crippen LogP contribution is -2.40. The van der Waals surface area contributed by atoms with E-state index in [-0.39, 0.29) is 24.3 Å². The monoisotopic (exact) mass is 674 g/mol. The topological polar surface area (TPSA) is 69.9 Å². The van der Waals surface area contributed by atoms with Crippen LogP contribution in [0.15, 0.2) is 112 Å². The van der Waals surface area contributed by atoms with Crippen LogP contribution in [-0.2, 0) is 16.1 Å². The van der Waals surface area contributed by atoms with Gasteiger partial charge in [0.1, 0.15) is 12.4 Å². The SMILES string of the molecule is CCOC(=O)C1=C(c2ccccc2)N=c2s/c(=C\c3cc(Cl)ccc3OCc3ccccc3Cl)c(=O)n2[C@H]1c1ccc(Cl)cc1. The van der Waals surface area contributed by atoms with Crippen LogP contribution in [0.4, 0.5) is 0 Å². The van der Waals surface area contributed by atoms with Crippen molar-refractivity contribution in [2.24, 2.45) is 4.99 Å². The van der Waals surface area contributed by atoms with Crippen LogP contribution < -0.4 is 19.6 Å². The fraction of sp³-hybridized carbons (Fsp3) is 0.114. The number of aromatic nitrogens is 1. The highest BCUT2D eigenvalue weighted by molar-refractivity contribution is 7.07. The largest absolute Gasteiger partial charge is 0.488 e. The number of hydrogen-bond donors (Lipinski definition) is 0. The van der Waals surface area contributed by atoms with E-state index in [0.29, 0.717) is 47.0 Å². The van der Waals surface area contributed by atoms with Crippen LogP contribution in [0.1, 0.15) is 35.2 Å². The third kappa shape index (κ3) is 6.49. The van der Waals surface area contributed by atoms with Gasteiger partial charge in [0.05, 0.1) is 28.5 Å². The molecule has 226 valence electrons. The molecule has 0 fully saturated rings. The third-order valence-corrected chi connectivity index (χ3v) is 9.00. The Morgan fingerprint density at radius 1 is 0.933 bits per heavy atom. The highest BCUT2D eigenvalue weighted by Crippen LogP contribution is 2.35. The Morgan fingerprint density at radius 3 is 2.38 bits per heavy atom. The van der Waals surface area contributed by atoms with E-state index in [2.05, 4.69) is 0 Å². The first-order valence-corrected chi connectivity index (χ1v) is 16.0. The third-order valence-electron chi connectivity index (χ3n) is 7.16. The number of nitrogens with zero attached hydrogens (tertiary/aromatic N) is 2. The van der Waals surface area contributed by atoms with E-state index in [9.17, 15) is 9.59 Å². The number of rotatable bonds is 8. The lowest BCUT2D eigenvalue weighted by Gasteiger charge is -2.25. The van der Waals surface area contributed by atoms with Crippen molar-refractivity contribution in [2.45, 2.75) is 19.6 Å². The van der Waals surface area contributed by atoms with Crippen LogP contribution in [-0.4, -0.2) is 17.1 Å². The van der Waals surface area contributed by atoms with Crippen LogP contribution in [0.2, 0.25) is 15.1 Å². The van der Waals surface area contributed by atoms with Gasteiger partial charge in [-0.15, -0.1) is 0 Å². The summed E-state index contributed by atoms with van der Waals surface area (Å²) in [4.78, 5) is 33.2. The van der Waals surface area contributed by atoms with Gasteiger partial charge in [0, 0.05) is 31.8 Å². The maximum absolute atomic E-state index is 14.2. The molecule has 1 aliphatic rings. The second-order valence-corrected chi connectivity index (χ2v) is 12.3. The van der Waals surface area contributed by atoms with E-state index in [1.807, 2.05) is 48.5 Å². The van der Waals surface area contributed by atoms with E-state index in [4.69, 9.17) is 49.3 Å². The Hall–Kier alpha value is -4.14. The number of halogens is 3. The number of benzene rings is 4. The highest BCUT2D eigenvalue weighted by atomic mass is 35.5. The summed E-state index contributed by atoms with van der Waals surface area (Å²) in [5.41, 5.74) is 3.21. The molecule has 45 heavy (non-hydrogen) atoms. The summed E-state index contributed by atoms with van der Waals surface area (Å²) < 4.78 is 13.6. The van der Waals surface area contributed by atoms with Crippen molar-refractivity contribution in [1.82, 2.24) is 4.57 Å². The first-order chi connectivity index (χ1) is 21.8. The number of fused-ring (bicyclic) bond motifs is 1. The number of thiazole rings is 1. The Kier molecular flexibility index (Phi) is 9.24. The average Bonchev–Trinajstić information content (AvgIpc) is 3.35. The van der Waals surface area contributed by atoms with E-state index < -0.39 is 12.0 Å². The zero-order chi connectivity index (χ0) is 31.5. The van der Waals surface area contributed by atoms with Gasteiger partial charge in [-0.3, -0.25) is 9.36 Å². The Morgan fingerprint density at radius 2 is 1.64 bits per heavy atom. The van der Waals surface area contributed by atoms with E-state index in [1.54, 1.807) is 61.5 Å². The molecule has 1 aliphatic heterocycles. The predicted octanol–water partition coefficient (Wildman–Crippen LogP) is 7.47. The minimum absolute atomic E-state index is 0.161. The highest BCUT2D eigenvalue weighted by Gasteiger charge is 2.35. The Balaban J connectivity index is 1.54. The molecule has 0 amide bonds. The van der Waals surface area contributed by atoms with Crippen LogP contribution in [0, 0.1) is 0 Å². The summed E-state index contributed by atoms with van der Waals surface area (Å²) >= 11 is 20.2. The van der Waals surface area contributed by atoms with Crippen LogP contribution in [0.25, 0.3) is 11.8 Å². The lowest BCUT2D eigenvalue weighted by atomic mass is 9.93. The standard InChI is InChI=1S/C35H25Cl3N2O4S/c1-2-43-34(42)30-31(21-8-4-3-5-9-21)39-35-40(32(30)22-12-14-25(36)15-13-22)33(41)29(45-35)19-24-18-26(37)16-17-28(24)44-20-23-10-6-7-11-27(23)38/h3-19,32H,2,20H2,1H3/b29-19-/t32-/m0/s1. The van der Waals surface area contributed by atoms with E-state index >= 15 is 0 Å². The van der Waals surface area contributed by atoms with Crippen molar-refractivity contribution < 1.29 is 14.3 Å². The molecule has 0 aliphatic carbocycles. The Bertz CT molecular complexity index is 2110. The van der Waals surface area contributed by atoms with Crippen molar-refractivity contribution in [3.05, 3.63) is 160 Å². The number of hydrogen-bond acceptors (Lipinski definition) is 6. The molecule has 2 heterocycles. The predicted molar refractivity (Wildman–Crippen MR) is 180 cm³/mol. The van der Waals surface area contributed by atoms with Crippen molar-refractivity contribution >= 4 is 63.9 Å². The molecule has 4 aromatic carbocycles. The van der Waals surface area contributed by atoms with Crippen molar-refractivity contribution in [3.63, 3.8) is 0 Å².